The summed E-state index contributed by atoms with van der Waals surface area (Å²) in [6, 6.07) is 5.41. The van der Waals surface area contributed by atoms with E-state index >= 15 is 0 Å². The number of halogens is 1. The van der Waals surface area contributed by atoms with Crippen LogP contribution in [0.1, 0.15) is 17.8 Å². The number of thiazole rings is 1. The minimum Gasteiger partial charge on any atom is -0.486 e. The molecule has 0 unspecified atom stereocenters. The van der Waals surface area contributed by atoms with Crippen LogP contribution < -0.4 is 10.1 Å². The first-order valence-electron chi connectivity index (χ1n) is 8.60. The van der Waals surface area contributed by atoms with E-state index in [0.717, 1.165) is 28.7 Å². The Morgan fingerprint density at radius 1 is 1.48 bits per heavy atom. The number of nitrogens with zero attached hydrogens (tertiary/aromatic N) is 2. The van der Waals surface area contributed by atoms with Crippen LogP contribution in [0.15, 0.2) is 29.1 Å². The molecule has 142 valence electrons. The fourth-order valence-electron chi connectivity index (χ4n) is 3.03. The highest BCUT2D eigenvalue weighted by atomic mass is 35.5. The van der Waals surface area contributed by atoms with Crippen molar-refractivity contribution in [2.24, 2.45) is 0 Å². The molecule has 0 radical (unpaired) electrons. The molecule has 9 heteroatoms. The van der Waals surface area contributed by atoms with Gasteiger partial charge in [0.25, 0.3) is 0 Å². The van der Waals surface area contributed by atoms with Gasteiger partial charge in [0.2, 0.25) is 0 Å². The highest BCUT2D eigenvalue weighted by Gasteiger charge is 2.31. The number of nitrogens with one attached hydrogen (secondary N) is 2. The van der Waals surface area contributed by atoms with Crippen LogP contribution in [0.5, 0.6) is 5.75 Å². The van der Waals surface area contributed by atoms with Gasteiger partial charge in [0, 0.05) is 34.6 Å². The molecule has 7 nitrogen and oxygen atoms in total. The number of fused-ring (bicyclic) bond motifs is 1. The maximum absolute atomic E-state index is 12.1. The van der Waals surface area contributed by atoms with Gasteiger partial charge in [-0.05, 0) is 18.6 Å². The van der Waals surface area contributed by atoms with Crippen molar-refractivity contribution in [3.63, 3.8) is 0 Å². The summed E-state index contributed by atoms with van der Waals surface area (Å²) in [5.74, 6) is 0.584. The number of aromatic amines is 1. The van der Waals surface area contributed by atoms with Gasteiger partial charge in [0.15, 0.2) is 0 Å². The topological polar surface area (TPSA) is 90.5 Å². The molecule has 4 rings (SSSR count). The molecule has 3 heterocycles. The molecule has 1 aromatic carbocycles. The summed E-state index contributed by atoms with van der Waals surface area (Å²) < 4.78 is 5.77. The largest absolute Gasteiger partial charge is 0.486 e. The van der Waals surface area contributed by atoms with Crippen molar-refractivity contribution < 1.29 is 14.6 Å². The van der Waals surface area contributed by atoms with E-state index in [2.05, 4.69) is 15.3 Å². The molecule has 0 bridgehead atoms. The van der Waals surface area contributed by atoms with Gasteiger partial charge in [-0.2, -0.15) is 0 Å². The third-order valence-electron chi connectivity index (χ3n) is 4.63. The number of amides is 2. The summed E-state index contributed by atoms with van der Waals surface area (Å²) in [4.78, 5) is 21.2. The van der Waals surface area contributed by atoms with E-state index in [4.69, 9.17) is 16.3 Å². The Bertz CT molecular complexity index is 942. The van der Waals surface area contributed by atoms with Gasteiger partial charge >= 0.3 is 6.03 Å². The molecular weight excluding hydrogens is 388 g/mol. The predicted molar refractivity (Wildman–Crippen MR) is 104 cm³/mol. The summed E-state index contributed by atoms with van der Waals surface area (Å²) in [6.45, 7) is 1.41. The maximum Gasteiger partial charge on any atom is 0.318 e. The zero-order valence-electron chi connectivity index (χ0n) is 14.4. The zero-order valence-corrected chi connectivity index (χ0v) is 16.0. The number of hydrogen-bond acceptors (Lipinski definition) is 5. The maximum atomic E-state index is 12.1. The molecule has 1 aliphatic heterocycles. The summed E-state index contributed by atoms with van der Waals surface area (Å²) in [7, 11) is 0. The monoisotopic (exact) mass is 406 g/mol. The number of ether oxygens (including phenoxy) is 1. The molecule has 27 heavy (non-hydrogen) atoms. The number of likely N-dealkylation sites (tertiary alicyclic amines) is 1. The minimum absolute atomic E-state index is 0.00197. The normalized spacial score (nSPS) is 16.4. The van der Waals surface area contributed by atoms with Crippen molar-refractivity contribution >= 4 is 39.9 Å². The number of carbonyl (C=O) groups excluding carboxylic acids is 1. The SMILES string of the molecule is O=C(NCc1cc2cc(Cl)c(OCc3cscn3)cc2[nH]1)N1CC[C@@H]1CO. The number of hydrogen-bond donors (Lipinski definition) is 3. The fourth-order valence-corrected chi connectivity index (χ4v) is 3.80. The highest BCUT2D eigenvalue weighted by Crippen LogP contribution is 2.31. The zero-order chi connectivity index (χ0) is 18.8. The third-order valence-corrected chi connectivity index (χ3v) is 5.56. The second kappa shape index (κ2) is 7.75. The van der Waals surface area contributed by atoms with Crippen molar-refractivity contribution in [1.29, 1.82) is 0 Å². The molecule has 1 atom stereocenters. The van der Waals surface area contributed by atoms with E-state index in [1.165, 1.54) is 11.3 Å². The first kappa shape index (κ1) is 18.1. The van der Waals surface area contributed by atoms with Crippen LogP contribution in [0.3, 0.4) is 0 Å². The Morgan fingerprint density at radius 2 is 2.37 bits per heavy atom. The smallest absolute Gasteiger partial charge is 0.318 e. The standard InChI is InChI=1S/C18H19ClN4O3S/c19-15-4-11-3-12(6-20-18(25)23-2-1-14(23)7-24)22-16(11)5-17(15)26-8-13-9-27-10-21-13/h3-5,9-10,14,22,24H,1-2,6-8H2,(H,20,25)/t14-/m1/s1. The Hall–Kier alpha value is -2.29. The first-order chi connectivity index (χ1) is 13.1. The molecular formula is C18H19ClN4O3S. The van der Waals surface area contributed by atoms with E-state index in [0.29, 0.717) is 30.5 Å². The molecule has 0 saturated carbocycles. The first-order valence-corrected chi connectivity index (χ1v) is 9.92. The van der Waals surface area contributed by atoms with Crippen LogP contribution >= 0.6 is 22.9 Å². The van der Waals surface area contributed by atoms with Gasteiger partial charge < -0.3 is 25.0 Å². The number of carbonyl (C=O) groups is 1. The van der Waals surface area contributed by atoms with Gasteiger partial charge in [-0.1, -0.05) is 11.6 Å². The molecule has 0 spiro atoms. The number of H-pyrrole nitrogens is 1. The summed E-state index contributed by atoms with van der Waals surface area (Å²) in [5, 5.41) is 15.5. The number of aliphatic hydroxyl groups excluding tert-OH is 1. The average Bonchev–Trinajstić information content (AvgIpc) is 3.26. The number of rotatable bonds is 6. The molecule has 2 aromatic heterocycles. The minimum atomic E-state index is -0.163. The lowest BCUT2D eigenvalue weighted by Crippen LogP contribution is -2.56. The fraction of sp³-hybridized carbons (Fsp3) is 0.333. The van der Waals surface area contributed by atoms with Crippen molar-refractivity contribution in [3.8, 4) is 5.75 Å². The molecule has 0 aliphatic carbocycles. The van der Waals surface area contributed by atoms with E-state index in [1.54, 1.807) is 10.4 Å². The number of aromatic nitrogens is 2. The van der Waals surface area contributed by atoms with E-state index in [1.807, 2.05) is 23.6 Å². The Balaban J connectivity index is 1.41. The molecule has 3 N–H and O–H groups in total. The summed E-state index contributed by atoms with van der Waals surface area (Å²) in [6.07, 6.45) is 0.846. The quantitative estimate of drug-likeness (QED) is 0.586. The van der Waals surface area contributed by atoms with Crippen LogP contribution in [0.25, 0.3) is 10.9 Å². The van der Waals surface area contributed by atoms with Crippen LogP contribution in [-0.4, -0.2) is 45.2 Å². The van der Waals surface area contributed by atoms with Crippen molar-refractivity contribution in [3.05, 3.63) is 45.5 Å². The van der Waals surface area contributed by atoms with E-state index in [-0.39, 0.29) is 18.7 Å². The third kappa shape index (κ3) is 3.87. The molecule has 3 aromatic rings. The number of aliphatic hydroxyl groups is 1. The lowest BCUT2D eigenvalue weighted by molar-refractivity contribution is 0.0700. The number of benzene rings is 1. The van der Waals surface area contributed by atoms with Crippen LogP contribution in [0, 0.1) is 0 Å². The van der Waals surface area contributed by atoms with Crippen LogP contribution in [-0.2, 0) is 13.2 Å². The summed E-state index contributed by atoms with van der Waals surface area (Å²) in [5.41, 5.74) is 4.37. The van der Waals surface area contributed by atoms with Gasteiger partial charge in [0.1, 0.15) is 12.4 Å². The number of urea groups is 1. The molecule has 1 saturated heterocycles. The van der Waals surface area contributed by atoms with Crippen LogP contribution in [0.4, 0.5) is 4.79 Å². The van der Waals surface area contributed by atoms with Crippen LogP contribution in [0.2, 0.25) is 5.02 Å². The Kier molecular flexibility index (Phi) is 5.20. The Labute approximate surface area is 164 Å². The lowest BCUT2D eigenvalue weighted by Gasteiger charge is -2.39. The van der Waals surface area contributed by atoms with Gasteiger partial charge in [-0.25, -0.2) is 9.78 Å². The van der Waals surface area contributed by atoms with E-state index < -0.39 is 0 Å². The van der Waals surface area contributed by atoms with Crippen molar-refractivity contribution in [2.45, 2.75) is 25.6 Å². The van der Waals surface area contributed by atoms with Gasteiger partial charge in [0.05, 0.1) is 35.4 Å². The predicted octanol–water partition coefficient (Wildman–Crippen LogP) is 3.13. The molecule has 2 amide bonds. The van der Waals surface area contributed by atoms with Crippen molar-refractivity contribution in [1.82, 2.24) is 20.2 Å². The highest BCUT2D eigenvalue weighted by molar-refractivity contribution is 7.07. The molecule has 1 fully saturated rings. The summed E-state index contributed by atoms with van der Waals surface area (Å²) >= 11 is 7.84. The van der Waals surface area contributed by atoms with E-state index in [9.17, 15) is 9.90 Å². The van der Waals surface area contributed by atoms with Crippen molar-refractivity contribution in [2.75, 3.05) is 13.2 Å². The second-order valence-electron chi connectivity index (χ2n) is 6.41. The average molecular weight is 407 g/mol. The van der Waals surface area contributed by atoms with Gasteiger partial charge in [-0.15, -0.1) is 11.3 Å². The second-order valence-corrected chi connectivity index (χ2v) is 7.54. The lowest BCUT2D eigenvalue weighted by atomic mass is 10.1. The van der Waals surface area contributed by atoms with Gasteiger partial charge in [-0.3, -0.25) is 0 Å². The molecule has 1 aliphatic rings. The Morgan fingerprint density at radius 3 is 3.07 bits per heavy atom.